The predicted molar refractivity (Wildman–Crippen MR) is 120 cm³/mol. The van der Waals surface area contributed by atoms with Crippen LogP contribution in [-0.4, -0.2) is 35.2 Å². The van der Waals surface area contributed by atoms with Crippen molar-refractivity contribution < 1.29 is 24.5 Å². The Morgan fingerprint density at radius 3 is 2.26 bits per heavy atom. The molecule has 6 heteroatoms. The number of likely N-dealkylation sites (N-methyl/N-ethyl adjacent to an activating group) is 1. The van der Waals surface area contributed by atoms with E-state index in [1.165, 1.54) is 0 Å². The van der Waals surface area contributed by atoms with Crippen molar-refractivity contribution in [2.24, 2.45) is 0 Å². The highest BCUT2D eigenvalue weighted by Gasteiger charge is 2.22. The molecule has 0 aliphatic heterocycles. The Bertz CT molecular complexity index is 1290. The van der Waals surface area contributed by atoms with E-state index in [1.54, 1.807) is 29.2 Å². The van der Waals surface area contributed by atoms with E-state index >= 15 is 0 Å². The Morgan fingerprint density at radius 1 is 0.871 bits per heavy atom. The summed E-state index contributed by atoms with van der Waals surface area (Å²) in [4.78, 5) is 27.0. The number of amides is 1. The summed E-state index contributed by atoms with van der Waals surface area (Å²) in [7, 11) is 0. The Balaban J connectivity index is 1.56. The highest BCUT2D eigenvalue weighted by atomic mass is 16.5. The van der Waals surface area contributed by atoms with Crippen LogP contribution in [-0.2, 0) is 9.53 Å². The molecule has 0 saturated carbocycles. The minimum atomic E-state index is -0.888. The number of hydrogen-bond donors (Lipinski definition) is 2. The maximum Gasteiger partial charge on any atom is 0.342 e. The molecule has 0 spiro atoms. The summed E-state index contributed by atoms with van der Waals surface area (Å²) in [5.74, 6) is -1.73. The zero-order valence-electron chi connectivity index (χ0n) is 16.9. The summed E-state index contributed by atoms with van der Waals surface area (Å²) in [6.07, 6.45) is 0. The van der Waals surface area contributed by atoms with Gasteiger partial charge in [-0.15, -0.1) is 0 Å². The van der Waals surface area contributed by atoms with Gasteiger partial charge >= 0.3 is 5.97 Å². The summed E-state index contributed by atoms with van der Waals surface area (Å²) in [6.45, 7) is 1.74. The third-order valence-corrected chi connectivity index (χ3v) is 5.22. The molecule has 4 aromatic carbocycles. The molecule has 4 aromatic rings. The SMILES string of the molecule is CCN(C(=O)COC(=O)c1cc(O)c2ccccc2c1O)c1cccc2ccccc12. The van der Waals surface area contributed by atoms with Crippen LogP contribution in [0.5, 0.6) is 11.5 Å². The lowest BCUT2D eigenvalue weighted by Gasteiger charge is -2.22. The molecule has 0 atom stereocenters. The number of fused-ring (bicyclic) bond motifs is 2. The lowest BCUT2D eigenvalue weighted by molar-refractivity contribution is -0.121. The number of carbonyl (C=O) groups excluding carboxylic acids is 2. The van der Waals surface area contributed by atoms with Crippen LogP contribution < -0.4 is 4.90 Å². The number of ether oxygens (including phenoxy) is 1. The number of aromatic hydroxyl groups is 2. The Labute approximate surface area is 178 Å². The molecule has 0 saturated heterocycles. The van der Waals surface area contributed by atoms with Gasteiger partial charge in [-0.25, -0.2) is 4.79 Å². The number of anilines is 1. The second-order valence-corrected chi connectivity index (χ2v) is 7.05. The van der Waals surface area contributed by atoms with E-state index in [0.29, 0.717) is 17.3 Å². The van der Waals surface area contributed by atoms with Gasteiger partial charge in [0, 0.05) is 22.7 Å². The molecular formula is C25H21NO5. The van der Waals surface area contributed by atoms with Crippen molar-refractivity contribution in [3.63, 3.8) is 0 Å². The third-order valence-electron chi connectivity index (χ3n) is 5.22. The molecule has 0 aliphatic rings. The topological polar surface area (TPSA) is 87.1 Å². The van der Waals surface area contributed by atoms with Crippen LogP contribution in [0, 0.1) is 0 Å². The van der Waals surface area contributed by atoms with Crippen molar-refractivity contribution in [2.45, 2.75) is 6.92 Å². The van der Waals surface area contributed by atoms with Crippen molar-refractivity contribution in [1.82, 2.24) is 0 Å². The maximum absolute atomic E-state index is 12.9. The van der Waals surface area contributed by atoms with Gasteiger partial charge in [0.2, 0.25) is 0 Å². The second-order valence-electron chi connectivity index (χ2n) is 7.05. The van der Waals surface area contributed by atoms with Crippen LogP contribution in [0.15, 0.2) is 72.8 Å². The number of hydrogen-bond acceptors (Lipinski definition) is 5. The van der Waals surface area contributed by atoms with Crippen LogP contribution in [0.3, 0.4) is 0 Å². The van der Waals surface area contributed by atoms with Crippen LogP contribution >= 0.6 is 0 Å². The fourth-order valence-electron chi connectivity index (χ4n) is 3.70. The summed E-state index contributed by atoms with van der Waals surface area (Å²) in [6, 6.07) is 21.2. The van der Waals surface area contributed by atoms with Gasteiger partial charge in [-0.2, -0.15) is 0 Å². The molecule has 4 rings (SSSR count). The van der Waals surface area contributed by atoms with Crippen molar-refractivity contribution >= 4 is 39.1 Å². The number of nitrogens with zero attached hydrogens (tertiary/aromatic N) is 1. The summed E-state index contributed by atoms with van der Waals surface area (Å²) in [5, 5.41) is 23.3. The molecule has 0 aromatic heterocycles. The first-order valence-corrected chi connectivity index (χ1v) is 9.90. The molecule has 156 valence electrons. The number of carbonyl (C=O) groups is 2. The van der Waals surface area contributed by atoms with Crippen LogP contribution in [0.25, 0.3) is 21.5 Å². The van der Waals surface area contributed by atoms with Gasteiger partial charge in [0.15, 0.2) is 6.61 Å². The highest BCUT2D eigenvalue weighted by Crippen LogP contribution is 2.35. The summed E-state index contributed by atoms with van der Waals surface area (Å²) in [5.41, 5.74) is 0.532. The van der Waals surface area contributed by atoms with E-state index in [4.69, 9.17) is 4.74 Å². The quantitative estimate of drug-likeness (QED) is 0.367. The number of phenols is 2. The van der Waals surface area contributed by atoms with Gasteiger partial charge in [-0.1, -0.05) is 60.7 Å². The molecule has 1 amide bonds. The van der Waals surface area contributed by atoms with E-state index < -0.39 is 18.5 Å². The zero-order valence-corrected chi connectivity index (χ0v) is 16.9. The largest absolute Gasteiger partial charge is 0.507 e. The predicted octanol–water partition coefficient (Wildman–Crippen LogP) is 4.61. The first kappa shape index (κ1) is 20.2. The fraction of sp³-hybridized carbons (Fsp3) is 0.120. The summed E-state index contributed by atoms with van der Waals surface area (Å²) < 4.78 is 5.19. The smallest absolute Gasteiger partial charge is 0.342 e. The fourth-order valence-corrected chi connectivity index (χ4v) is 3.70. The number of phenolic OH excluding ortho intramolecular Hbond substituents is 2. The molecule has 2 N–H and O–H groups in total. The second kappa shape index (κ2) is 8.36. The molecule has 0 fully saturated rings. The Hall–Kier alpha value is -4.06. The van der Waals surface area contributed by atoms with Gasteiger partial charge in [0.05, 0.1) is 5.69 Å². The van der Waals surface area contributed by atoms with Gasteiger partial charge < -0.3 is 19.8 Å². The molecular weight excluding hydrogens is 394 g/mol. The van der Waals surface area contributed by atoms with E-state index in [1.807, 2.05) is 49.4 Å². The summed E-state index contributed by atoms with van der Waals surface area (Å²) >= 11 is 0. The first-order valence-electron chi connectivity index (χ1n) is 9.90. The Kier molecular flexibility index (Phi) is 5.45. The molecule has 0 heterocycles. The van der Waals surface area contributed by atoms with Crippen molar-refractivity contribution in [3.8, 4) is 11.5 Å². The minimum Gasteiger partial charge on any atom is -0.507 e. The average molecular weight is 415 g/mol. The van der Waals surface area contributed by atoms with Crippen LogP contribution in [0.2, 0.25) is 0 Å². The van der Waals surface area contributed by atoms with E-state index in [2.05, 4.69) is 0 Å². The monoisotopic (exact) mass is 415 g/mol. The van der Waals surface area contributed by atoms with Gasteiger partial charge in [0.25, 0.3) is 5.91 Å². The first-order chi connectivity index (χ1) is 15.0. The molecule has 0 radical (unpaired) electrons. The molecule has 31 heavy (non-hydrogen) atoms. The number of esters is 1. The normalized spacial score (nSPS) is 10.9. The van der Waals surface area contributed by atoms with Gasteiger partial charge in [-0.05, 0) is 24.4 Å². The maximum atomic E-state index is 12.9. The zero-order chi connectivity index (χ0) is 22.0. The van der Waals surface area contributed by atoms with Gasteiger partial charge in [0.1, 0.15) is 17.1 Å². The van der Waals surface area contributed by atoms with E-state index in [9.17, 15) is 19.8 Å². The van der Waals surface area contributed by atoms with Gasteiger partial charge in [-0.3, -0.25) is 4.79 Å². The standard InChI is InChI=1S/C25H21NO5/c1-2-26(21-13-7-9-16-8-3-4-10-17(16)21)23(28)15-31-25(30)20-14-22(27)18-11-5-6-12-19(18)24(20)29/h3-14,27,29H,2,15H2,1H3. The van der Waals surface area contributed by atoms with E-state index in [-0.39, 0.29) is 17.1 Å². The average Bonchev–Trinajstić information content (AvgIpc) is 2.80. The van der Waals surface area contributed by atoms with E-state index in [0.717, 1.165) is 22.5 Å². The van der Waals surface area contributed by atoms with Crippen molar-refractivity contribution in [2.75, 3.05) is 18.1 Å². The highest BCUT2D eigenvalue weighted by molar-refractivity contribution is 6.06. The lowest BCUT2D eigenvalue weighted by Crippen LogP contribution is -2.34. The van der Waals surface area contributed by atoms with Crippen molar-refractivity contribution in [3.05, 3.63) is 78.4 Å². The molecule has 0 aliphatic carbocycles. The van der Waals surface area contributed by atoms with Crippen LogP contribution in [0.1, 0.15) is 17.3 Å². The van der Waals surface area contributed by atoms with Crippen molar-refractivity contribution in [1.29, 1.82) is 0 Å². The molecule has 0 bridgehead atoms. The molecule has 6 nitrogen and oxygen atoms in total. The lowest BCUT2D eigenvalue weighted by atomic mass is 10.0. The molecule has 0 unspecified atom stereocenters. The van der Waals surface area contributed by atoms with Crippen LogP contribution in [0.4, 0.5) is 5.69 Å². The number of benzene rings is 4. The Morgan fingerprint density at radius 2 is 1.52 bits per heavy atom. The number of rotatable bonds is 5. The minimum absolute atomic E-state index is 0.155. The third kappa shape index (κ3) is 3.75.